The molecule has 0 saturated carbocycles. The van der Waals surface area contributed by atoms with E-state index >= 15 is 0 Å². The number of nitrogens with zero attached hydrogens (tertiary/aromatic N) is 2. The molecule has 0 saturated heterocycles. The molecule has 6 rings (SSSR count). The molecule has 0 bridgehead atoms. The zero-order valence-corrected chi connectivity index (χ0v) is 40.6. The van der Waals surface area contributed by atoms with E-state index in [0.717, 1.165) is 25.7 Å². The number of ether oxygens (including phenoxy) is 3. The Morgan fingerprint density at radius 2 is 1.45 bits per heavy atom. The van der Waals surface area contributed by atoms with Crippen molar-refractivity contribution in [3.05, 3.63) is 74.8 Å². The maximum atomic E-state index is 14.4. The molecule has 3 aliphatic rings. The predicted octanol–water partition coefficient (Wildman–Crippen LogP) is 7.67. The summed E-state index contributed by atoms with van der Waals surface area (Å²) in [5.74, 6) is -1.89. The number of amides is 2. The van der Waals surface area contributed by atoms with Gasteiger partial charge in [0, 0.05) is 42.1 Å². The van der Waals surface area contributed by atoms with Gasteiger partial charge in [0.25, 0.3) is 26.1 Å². The molecule has 366 valence electrons. The van der Waals surface area contributed by atoms with E-state index in [1.54, 1.807) is 36.4 Å². The Hall–Kier alpha value is -5.04. The Morgan fingerprint density at radius 1 is 0.821 bits per heavy atom. The lowest BCUT2D eigenvalue weighted by atomic mass is 9.86. The lowest BCUT2D eigenvalue weighted by Gasteiger charge is -2.30. The van der Waals surface area contributed by atoms with Gasteiger partial charge in [-0.2, -0.15) is 16.8 Å². The lowest BCUT2D eigenvalue weighted by Crippen LogP contribution is -2.42. The van der Waals surface area contributed by atoms with Crippen LogP contribution in [0.25, 0.3) is 5.57 Å². The van der Waals surface area contributed by atoms with Crippen LogP contribution >= 0.6 is 0 Å². The van der Waals surface area contributed by atoms with Gasteiger partial charge in [-0.15, -0.1) is 0 Å². The molecular formula is C49H66N4O12S2. The van der Waals surface area contributed by atoms with Crippen LogP contribution in [0.1, 0.15) is 149 Å². The molecule has 0 spiro atoms. The van der Waals surface area contributed by atoms with E-state index < -0.39 is 59.8 Å². The molecule has 3 aliphatic heterocycles. The first-order valence-electron chi connectivity index (χ1n) is 23.8. The zero-order valence-electron chi connectivity index (χ0n) is 39.0. The van der Waals surface area contributed by atoms with Crippen molar-refractivity contribution >= 4 is 49.5 Å². The van der Waals surface area contributed by atoms with Crippen LogP contribution in [0.2, 0.25) is 0 Å². The molecule has 1 unspecified atom stereocenters. The summed E-state index contributed by atoms with van der Waals surface area (Å²) in [7, 11) is -7.31. The van der Waals surface area contributed by atoms with Crippen molar-refractivity contribution in [2.45, 2.75) is 145 Å². The average molecular weight is 967 g/mol. The fourth-order valence-electron chi connectivity index (χ4n) is 9.27. The highest BCUT2D eigenvalue weighted by molar-refractivity contribution is 7.86. The SMILES string of the molecule is CCCCCCCCCCCCCCCCC(NC(=O)OCCN(C)C(=O)c1ccccc1C1=c2cc3c(c(S(=O)(=O)O)c2Oc2c1cc1c(c2S(=O)(=O)O)NCCC1)=NCCC3)C(=O)OC. The summed E-state index contributed by atoms with van der Waals surface area (Å²) in [6.45, 7) is 2.60. The fraction of sp³-hybridized carbons (Fsp3) is 0.551. The van der Waals surface area contributed by atoms with Crippen molar-refractivity contribution in [2.24, 2.45) is 4.99 Å². The van der Waals surface area contributed by atoms with E-state index in [1.165, 1.54) is 83.3 Å². The fourth-order valence-corrected chi connectivity index (χ4v) is 10.9. The molecule has 0 fully saturated rings. The smallest absolute Gasteiger partial charge is 0.407 e. The second-order valence-corrected chi connectivity index (χ2v) is 20.4. The third-order valence-electron chi connectivity index (χ3n) is 12.7. The topological polar surface area (TPSA) is 227 Å². The summed E-state index contributed by atoms with van der Waals surface area (Å²) in [6, 6.07) is 8.99. The van der Waals surface area contributed by atoms with Gasteiger partial charge in [-0.25, -0.2) is 9.59 Å². The van der Waals surface area contributed by atoms with Gasteiger partial charge < -0.3 is 29.7 Å². The highest BCUT2D eigenvalue weighted by Crippen LogP contribution is 2.48. The minimum Gasteiger partial charge on any atom is -0.467 e. The second-order valence-electron chi connectivity index (χ2n) is 17.7. The Morgan fingerprint density at radius 3 is 2.09 bits per heavy atom. The average Bonchev–Trinajstić information content (AvgIpc) is 3.30. The monoisotopic (exact) mass is 966 g/mol. The summed E-state index contributed by atoms with van der Waals surface area (Å²) in [4.78, 5) is 44.4. The summed E-state index contributed by atoms with van der Waals surface area (Å²) in [5.41, 5.74) is 1.96. The Labute approximate surface area is 394 Å². The number of likely N-dealkylation sites (N-methyl/N-ethyl adjacent to an activating group) is 1. The van der Waals surface area contributed by atoms with Gasteiger partial charge in [-0.3, -0.25) is 18.9 Å². The molecule has 0 radical (unpaired) electrons. The zero-order chi connectivity index (χ0) is 48.1. The van der Waals surface area contributed by atoms with Gasteiger partial charge in [0.1, 0.15) is 12.6 Å². The van der Waals surface area contributed by atoms with Gasteiger partial charge in [-0.1, -0.05) is 115 Å². The van der Waals surface area contributed by atoms with Crippen molar-refractivity contribution in [3.8, 4) is 11.5 Å². The van der Waals surface area contributed by atoms with Gasteiger partial charge >= 0.3 is 12.1 Å². The van der Waals surface area contributed by atoms with E-state index in [-0.39, 0.29) is 64.0 Å². The maximum absolute atomic E-state index is 14.4. The van der Waals surface area contributed by atoms with Crippen molar-refractivity contribution in [3.63, 3.8) is 0 Å². The first-order chi connectivity index (χ1) is 32.1. The standard InChI is InChI=1S/C49H66N4O12S2/c1-4-5-6-7-8-9-10-11-12-13-14-15-16-17-26-39(48(55)63-3)52-49(56)64-30-29-53(2)47(54)36-25-19-18-24-35(36)40-37-31-33-22-20-27-50-41(33)45(66(57,58)59)43(37)65-44-38(40)32-34-23-21-28-51-42(34)46(44)67(60,61)62/h18-19,24-25,31-32,39,50H,4-17,20-23,26-30H2,1-3H3,(H,52,56)(H,57,58,59)(H,60,61,62). The number of fused-ring (bicyclic) bond motifs is 4. The van der Waals surface area contributed by atoms with Gasteiger partial charge in [-0.05, 0) is 67.0 Å². The van der Waals surface area contributed by atoms with Crippen LogP contribution in [-0.4, -0.2) is 95.3 Å². The Bertz CT molecular complexity index is 2640. The van der Waals surface area contributed by atoms with Crippen LogP contribution in [0, 0.1) is 0 Å². The second kappa shape index (κ2) is 23.8. The van der Waals surface area contributed by atoms with E-state index in [9.17, 15) is 40.3 Å². The quantitative estimate of drug-likeness (QED) is 0.0301. The van der Waals surface area contributed by atoms with Crippen molar-refractivity contribution in [2.75, 3.05) is 45.7 Å². The highest BCUT2D eigenvalue weighted by Gasteiger charge is 2.38. The number of nitrogens with one attached hydrogen (secondary N) is 2. The van der Waals surface area contributed by atoms with Gasteiger partial charge in [0.2, 0.25) is 0 Å². The van der Waals surface area contributed by atoms with Crippen molar-refractivity contribution in [1.29, 1.82) is 0 Å². The third-order valence-corrected chi connectivity index (χ3v) is 14.5. The maximum Gasteiger partial charge on any atom is 0.407 e. The number of alkyl carbamates (subject to hydrolysis) is 1. The molecule has 3 aromatic carbocycles. The molecule has 18 heteroatoms. The van der Waals surface area contributed by atoms with Crippen LogP contribution in [0.5, 0.6) is 11.5 Å². The predicted molar refractivity (Wildman–Crippen MR) is 254 cm³/mol. The summed E-state index contributed by atoms with van der Waals surface area (Å²) in [6.07, 6.45) is 18.4. The third kappa shape index (κ3) is 12.9. The molecule has 3 aromatic rings. The number of anilines is 1. The number of carbonyl (C=O) groups is 3. The Balaban J connectivity index is 1.16. The Kier molecular flexibility index (Phi) is 18.2. The molecule has 1 atom stereocenters. The normalized spacial score (nSPS) is 14.5. The summed E-state index contributed by atoms with van der Waals surface area (Å²) < 4.78 is 90.9. The van der Waals surface area contributed by atoms with Crippen LogP contribution in [-0.2, 0) is 47.3 Å². The number of esters is 1. The number of rotatable bonds is 24. The largest absolute Gasteiger partial charge is 0.467 e. The molecular weight excluding hydrogens is 901 g/mol. The van der Waals surface area contributed by atoms with Crippen LogP contribution < -0.4 is 25.9 Å². The highest BCUT2D eigenvalue weighted by atomic mass is 32.2. The number of methoxy groups -OCH3 is 1. The number of unbranched alkanes of at least 4 members (excludes halogenated alkanes) is 13. The number of carbonyl (C=O) groups excluding carboxylic acids is 3. The minimum atomic E-state index is -5.05. The lowest BCUT2D eigenvalue weighted by molar-refractivity contribution is -0.143. The van der Waals surface area contributed by atoms with E-state index in [2.05, 4.69) is 22.5 Å². The van der Waals surface area contributed by atoms with E-state index in [1.807, 2.05) is 0 Å². The van der Waals surface area contributed by atoms with Crippen LogP contribution in [0.4, 0.5) is 10.5 Å². The van der Waals surface area contributed by atoms with E-state index in [0.29, 0.717) is 49.8 Å². The van der Waals surface area contributed by atoms with Crippen LogP contribution in [0.3, 0.4) is 0 Å². The molecule has 2 amide bonds. The molecule has 0 aliphatic carbocycles. The minimum absolute atomic E-state index is 0.0133. The van der Waals surface area contributed by atoms with Gasteiger partial charge in [0.15, 0.2) is 21.3 Å². The van der Waals surface area contributed by atoms with Crippen molar-refractivity contribution in [1.82, 2.24) is 10.2 Å². The summed E-state index contributed by atoms with van der Waals surface area (Å²) in [5, 5.41) is 5.80. The molecule has 67 heavy (non-hydrogen) atoms. The van der Waals surface area contributed by atoms with Crippen LogP contribution in [0.15, 0.2) is 51.2 Å². The molecule has 0 aromatic heterocycles. The van der Waals surface area contributed by atoms with Crippen molar-refractivity contribution < 1.29 is 54.5 Å². The molecule has 3 heterocycles. The molecule has 16 nitrogen and oxygen atoms in total. The first-order valence-corrected chi connectivity index (χ1v) is 26.7. The number of hydrogen-bond acceptors (Lipinski definition) is 12. The van der Waals surface area contributed by atoms with Gasteiger partial charge in [0.05, 0.1) is 24.7 Å². The number of aryl methyl sites for hydroxylation is 2. The summed E-state index contributed by atoms with van der Waals surface area (Å²) >= 11 is 0. The van der Waals surface area contributed by atoms with E-state index in [4.69, 9.17) is 14.2 Å². The number of hydrogen-bond donors (Lipinski definition) is 4. The number of benzene rings is 3. The first kappa shape index (κ1) is 51.4. The molecule has 4 N–H and O–H groups in total.